The number of carbonyl (C=O) groups excluding carboxylic acids is 1. The van der Waals surface area contributed by atoms with Gasteiger partial charge in [0.05, 0.1) is 7.11 Å². The van der Waals surface area contributed by atoms with Crippen LogP contribution in [0, 0.1) is 0 Å². The Labute approximate surface area is 150 Å². The molecule has 0 heterocycles. The Morgan fingerprint density at radius 3 is 2.31 bits per heavy atom. The Hall–Kier alpha value is -3.19. The average Bonchev–Trinajstić information content (AvgIpc) is 2.62. The number of hydrogen-bond donors (Lipinski definition) is 5. The lowest BCUT2D eigenvalue weighted by Gasteiger charge is -2.16. The number of aromatic hydroxyl groups is 4. The number of methoxy groups -OCH3 is 1. The van der Waals surface area contributed by atoms with E-state index in [2.05, 4.69) is 5.32 Å². The highest BCUT2D eigenvalue weighted by atomic mass is 16.5. The molecule has 0 saturated carbocycles. The van der Waals surface area contributed by atoms with E-state index in [1.54, 1.807) is 24.3 Å². The number of ether oxygens (including phenoxy) is 1. The normalized spacial score (nSPS) is 12.2. The maximum Gasteiger partial charge on any atom is 0.323 e. The minimum Gasteiger partial charge on any atom is -0.504 e. The highest BCUT2D eigenvalue weighted by molar-refractivity contribution is 5.76. The first-order valence-corrected chi connectivity index (χ1v) is 7.91. The van der Waals surface area contributed by atoms with E-state index in [1.807, 2.05) is 0 Å². The first-order valence-electron chi connectivity index (χ1n) is 7.91. The molecule has 0 aliphatic carbocycles. The number of carbonyl (C=O) groups is 1. The molecule has 7 heteroatoms. The minimum atomic E-state index is -0.637. The summed E-state index contributed by atoms with van der Waals surface area (Å²) < 4.78 is 4.78. The molecule has 138 valence electrons. The van der Waals surface area contributed by atoms with Gasteiger partial charge in [-0.05, 0) is 41.8 Å². The molecule has 0 spiro atoms. The van der Waals surface area contributed by atoms with Crippen molar-refractivity contribution in [1.29, 1.82) is 0 Å². The molecule has 0 aliphatic rings. The number of rotatable bonds is 7. The fourth-order valence-corrected chi connectivity index (χ4v) is 2.36. The van der Waals surface area contributed by atoms with Crippen molar-refractivity contribution in [3.05, 3.63) is 53.6 Å². The standard InChI is InChI=1S/C19H21NO6/c1-26-19(25)14(9-13-5-7-16(22)18(24)11-13)20-8-2-3-12-4-6-15(21)17(23)10-12/h2-7,10-11,14,20-24H,8-9H2,1H3/b3-2+. The lowest BCUT2D eigenvalue weighted by atomic mass is 10.1. The number of phenolic OH excluding ortho intramolecular Hbond substituents is 4. The predicted octanol–water partition coefficient (Wildman–Crippen LogP) is 1.90. The molecule has 7 nitrogen and oxygen atoms in total. The van der Waals surface area contributed by atoms with Crippen molar-refractivity contribution < 1.29 is 30.0 Å². The van der Waals surface area contributed by atoms with E-state index in [9.17, 15) is 25.2 Å². The summed E-state index contributed by atoms with van der Waals surface area (Å²) in [7, 11) is 1.29. The lowest BCUT2D eigenvalue weighted by Crippen LogP contribution is -2.39. The Morgan fingerprint density at radius 2 is 1.69 bits per heavy atom. The van der Waals surface area contributed by atoms with Gasteiger partial charge >= 0.3 is 5.97 Å². The number of esters is 1. The molecule has 0 saturated heterocycles. The molecular weight excluding hydrogens is 338 g/mol. The first kappa shape index (κ1) is 19.1. The summed E-state index contributed by atoms with van der Waals surface area (Å²) in [4.78, 5) is 11.9. The van der Waals surface area contributed by atoms with E-state index in [4.69, 9.17) is 4.74 Å². The number of benzene rings is 2. The molecule has 2 rings (SSSR count). The smallest absolute Gasteiger partial charge is 0.323 e. The van der Waals surface area contributed by atoms with E-state index < -0.39 is 12.0 Å². The highest BCUT2D eigenvalue weighted by Crippen LogP contribution is 2.26. The first-order chi connectivity index (χ1) is 12.4. The molecular formula is C19H21NO6. The lowest BCUT2D eigenvalue weighted by molar-refractivity contribution is -0.143. The Balaban J connectivity index is 1.99. The monoisotopic (exact) mass is 359 g/mol. The molecule has 0 radical (unpaired) electrons. The largest absolute Gasteiger partial charge is 0.504 e. The van der Waals surface area contributed by atoms with Gasteiger partial charge in [-0.2, -0.15) is 0 Å². The molecule has 0 bridgehead atoms. The maximum atomic E-state index is 11.9. The van der Waals surface area contributed by atoms with Gasteiger partial charge in [-0.25, -0.2) is 0 Å². The zero-order valence-corrected chi connectivity index (χ0v) is 14.2. The van der Waals surface area contributed by atoms with Crippen LogP contribution in [0.25, 0.3) is 6.08 Å². The topological polar surface area (TPSA) is 119 Å². The van der Waals surface area contributed by atoms with Crippen molar-refractivity contribution >= 4 is 12.0 Å². The summed E-state index contributed by atoms with van der Waals surface area (Å²) in [5.74, 6) is -1.33. The molecule has 0 fully saturated rings. The molecule has 2 aromatic carbocycles. The van der Waals surface area contributed by atoms with Crippen LogP contribution >= 0.6 is 0 Å². The molecule has 5 N–H and O–H groups in total. The summed E-state index contributed by atoms with van der Waals surface area (Å²) in [5.41, 5.74) is 1.36. The van der Waals surface area contributed by atoms with Crippen LogP contribution in [0.3, 0.4) is 0 Å². The van der Waals surface area contributed by atoms with Gasteiger partial charge < -0.3 is 30.5 Å². The summed E-state index contributed by atoms with van der Waals surface area (Å²) in [6.07, 6.45) is 3.76. The zero-order chi connectivity index (χ0) is 19.1. The van der Waals surface area contributed by atoms with Crippen LogP contribution in [0.1, 0.15) is 11.1 Å². The van der Waals surface area contributed by atoms with Gasteiger partial charge in [0.1, 0.15) is 6.04 Å². The van der Waals surface area contributed by atoms with Crippen LogP contribution in [-0.2, 0) is 16.0 Å². The van der Waals surface area contributed by atoms with Gasteiger partial charge in [0.2, 0.25) is 0 Å². The summed E-state index contributed by atoms with van der Waals surface area (Å²) >= 11 is 0. The van der Waals surface area contributed by atoms with Crippen molar-refractivity contribution in [1.82, 2.24) is 5.32 Å². The molecule has 1 unspecified atom stereocenters. The van der Waals surface area contributed by atoms with Crippen LogP contribution in [0.15, 0.2) is 42.5 Å². The van der Waals surface area contributed by atoms with Crippen LogP contribution in [0.5, 0.6) is 23.0 Å². The molecule has 0 aromatic heterocycles. The van der Waals surface area contributed by atoms with E-state index in [-0.39, 0.29) is 29.4 Å². The molecule has 1 atom stereocenters. The summed E-state index contributed by atoms with van der Waals surface area (Å²) in [6.45, 7) is 0.353. The maximum absolute atomic E-state index is 11.9. The number of phenols is 4. The summed E-state index contributed by atoms with van der Waals surface area (Å²) in [6, 6.07) is 8.17. The fraction of sp³-hybridized carbons (Fsp3) is 0.211. The van der Waals surface area contributed by atoms with Gasteiger partial charge in [-0.15, -0.1) is 0 Å². The third kappa shape index (κ3) is 5.15. The fourth-order valence-electron chi connectivity index (χ4n) is 2.36. The van der Waals surface area contributed by atoms with Crippen LogP contribution in [0.4, 0.5) is 0 Å². The molecule has 26 heavy (non-hydrogen) atoms. The van der Waals surface area contributed by atoms with Crippen LogP contribution < -0.4 is 5.32 Å². The van der Waals surface area contributed by atoms with Gasteiger partial charge in [-0.1, -0.05) is 24.3 Å². The SMILES string of the molecule is COC(=O)C(Cc1ccc(O)c(O)c1)NC/C=C/c1ccc(O)c(O)c1. The molecule has 0 amide bonds. The zero-order valence-electron chi connectivity index (χ0n) is 14.2. The van der Waals surface area contributed by atoms with E-state index >= 15 is 0 Å². The molecule has 0 aliphatic heterocycles. The number of nitrogens with one attached hydrogen (secondary N) is 1. The van der Waals surface area contributed by atoms with Crippen molar-refractivity contribution in [2.24, 2.45) is 0 Å². The second-order valence-corrected chi connectivity index (χ2v) is 5.66. The van der Waals surface area contributed by atoms with Gasteiger partial charge in [0, 0.05) is 6.54 Å². The van der Waals surface area contributed by atoms with E-state index in [0.717, 1.165) is 0 Å². The van der Waals surface area contributed by atoms with Crippen LogP contribution in [-0.4, -0.2) is 46.1 Å². The van der Waals surface area contributed by atoms with Crippen LogP contribution in [0.2, 0.25) is 0 Å². The third-order valence-corrected chi connectivity index (χ3v) is 3.76. The summed E-state index contributed by atoms with van der Waals surface area (Å²) in [5, 5.41) is 40.7. The Kier molecular flexibility index (Phi) is 6.46. The quantitative estimate of drug-likeness (QED) is 0.378. The Bertz CT molecular complexity index is 803. The predicted molar refractivity (Wildman–Crippen MR) is 96.1 cm³/mol. The van der Waals surface area contributed by atoms with Crippen molar-refractivity contribution in [2.75, 3.05) is 13.7 Å². The van der Waals surface area contributed by atoms with Crippen molar-refractivity contribution in [3.8, 4) is 23.0 Å². The number of hydrogen-bond acceptors (Lipinski definition) is 7. The second-order valence-electron chi connectivity index (χ2n) is 5.66. The average molecular weight is 359 g/mol. The van der Waals surface area contributed by atoms with E-state index in [1.165, 1.54) is 31.4 Å². The Morgan fingerprint density at radius 1 is 1.04 bits per heavy atom. The van der Waals surface area contributed by atoms with Crippen molar-refractivity contribution in [3.63, 3.8) is 0 Å². The minimum absolute atomic E-state index is 0.191. The van der Waals surface area contributed by atoms with Gasteiger partial charge in [-0.3, -0.25) is 4.79 Å². The third-order valence-electron chi connectivity index (χ3n) is 3.76. The van der Waals surface area contributed by atoms with Gasteiger partial charge in [0.25, 0.3) is 0 Å². The van der Waals surface area contributed by atoms with Crippen molar-refractivity contribution in [2.45, 2.75) is 12.5 Å². The highest BCUT2D eigenvalue weighted by Gasteiger charge is 2.19. The second kappa shape index (κ2) is 8.77. The van der Waals surface area contributed by atoms with Gasteiger partial charge in [0.15, 0.2) is 23.0 Å². The molecule has 2 aromatic rings. The van der Waals surface area contributed by atoms with E-state index in [0.29, 0.717) is 17.7 Å².